The predicted octanol–water partition coefficient (Wildman–Crippen LogP) is 0.318. The van der Waals surface area contributed by atoms with E-state index in [1.54, 1.807) is 0 Å². The zero-order chi connectivity index (χ0) is 2.00. The second kappa shape index (κ2) is 18.8. The van der Waals surface area contributed by atoms with Crippen LogP contribution in [0.2, 0.25) is 0 Å². The molecule has 0 nitrogen and oxygen atoms in total. The van der Waals surface area contributed by atoms with Gasteiger partial charge in [0.05, 0.1) is 0 Å². The van der Waals surface area contributed by atoms with E-state index in [0.29, 0.717) is 0 Å². The predicted molar refractivity (Wildman–Crippen MR) is 9.71 cm³/mol. The van der Waals surface area contributed by atoms with Crippen LogP contribution >= 0.6 is 7.33 Å². The Bertz CT molecular complexity index is 8.00. The third-order valence-electron chi connectivity index (χ3n) is 0. The smallest absolute Gasteiger partial charge is 0 e. The van der Waals surface area contributed by atoms with Gasteiger partial charge >= 0.3 is 26.6 Å². The molecule has 0 rings (SSSR count). The van der Waals surface area contributed by atoms with Crippen LogP contribution in [0.4, 0.5) is 0 Å². The summed E-state index contributed by atoms with van der Waals surface area (Å²) >= 11 is 1.87. The first-order valence-corrected chi connectivity index (χ1v) is 4.18. The molecule has 1 atom stereocenters. The summed E-state index contributed by atoms with van der Waals surface area (Å²) < 4.78 is 0. The molecule has 0 bridgehead atoms. The maximum Gasteiger partial charge on any atom is 0 e. The molecule has 0 spiro atoms. The zero-order valence-electron chi connectivity index (χ0n) is 2.01. The molecule has 0 aliphatic carbocycles. The van der Waals surface area contributed by atoms with Crippen molar-refractivity contribution in [2.75, 3.05) is 0 Å². The fraction of sp³-hybridized carbons (Fsp3) is 0. The molecule has 1 unspecified atom stereocenters. The van der Waals surface area contributed by atoms with Crippen LogP contribution in [0.1, 0.15) is 0 Å². The summed E-state index contributed by atoms with van der Waals surface area (Å²) in [5.41, 5.74) is 0. The van der Waals surface area contributed by atoms with E-state index < -0.39 is 0 Å². The van der Waals surface area contributed by atoms with Crippen molar-refractivity contribution in [1.82, 2.24) is 0 Å². The van der Waals surface area contributed by atoms with E-state index >= 15 is 0 Å². The van der Waals surface area contributed by atoms with Gasteiger partial charge in [-0.3, -0.25) is 0 Å². The van der Waals surface area contributed by atoms with Gasteiger partial charge in [0.15, 0.2) is 0 Å². The van der Waals surface area contributed by atoms with E-state index in [1.165, 1.54) is 0 Å². The molecule has 4 heavy (non-hydrogen) atoms. The van der Waals surface area contributed by atoms with Gasteiger partial charge in [-0.25, -0.2) is 0 Å². The van der Waals surface area contributed by atoms with Gasteiger partial charge in [-0.2, -0.15) is 0 Å². The zero-order valence-corrected chi connectivity index (χ0v) is 9.13. The van der Waals surface area contributed by atoms with Crippen molar-refractivity contribution in [3.63, 3.8) is 0 Å². The summed E-state index contributed by atoms with van der Waals surface area (Å²) in [5.74, 6) is 0. The van der Waals surface area contributed by atoms with Gasteiger partial charge in [-0.1, -0.05) is 0 Å². The Hall–Kier alpha value is 2.24. The van der Waals surface area contributed by atoms with Crippen molar-refractivity contribution in [3.8, 4) is 0 Å². The van der Waals surface area contributed by atoms with Gasteiger partial charge in [0.2, 0.25) is 0 Å². The molecule has 0 N–H and O–H groups in total. The second-order valence-electron chi connectivity index (χ2n) is 0. The minimum Gasteiger partial charge on any atom is 0 e. The second-order valence-corrected chi connectivity index (χ2v) is 0. The van der Waals surface area contributed by atoms with Crippen molar-refractivity contribution >= 4 is 7.33 Å². The maximum atomic E-state index is 2.43. The summed E-state index contributed by atoms with van der Waals surface area (Å²) in [6, 6.07) is 0. The molecule has 0 aromatic rings. The van der Waals surface area contributed by atoms with Crippen molar-refractivity contribution in [2.45, 2.75) is 0 Å². The fourth-order valence-corrected chi connectivity index (χ4v) is 0. The van der Waals surface area contributed by atoms with Crippen LogP contribution in [0, 0.1) is 0 Å². The third kappa shape index (κ3) is 8.87. The van der Waals surface area contributed by atoms with E-state index in [0.717, 1.165) is 0 Å². The van der Waals surface area contributed by atoms with Gasteiger partial charge in [0.1, 0.15) is 0 Å². The van der Waals surface area contributed by atoms with E-state index in [1.807, 2.05) is 19.3 Å². The molecule has 0 radical (unpaired) electrons. The van der Waals surface area contributed by atoms with Crippen molar-refractivity contribution < 1.29 is 55.3 Å². The average molecular weight is 253 g/mol. The van der Waals surface area contributed by atoms with Crippen LogP contribution in [-0.2, 0) is 55.3 Å². The normalized spacial score (nSPS) is 1.25. The molecule has 0 saturated carbocycles. The third-order valence-corrected chi connectivity index (χ3v) is 0. The minimum atomic E-state index is 0. The Balaban J connectivity index is -0.00000000500. The van der Waals surface area contributed by atoms with Gasteiger partial charge in [0.25, 0.3) is 0 Å². The van der Waals surface area contributed by atoms with Crippen LogP contribution < -0.4 is 0 Å². The Morgan fingerprint density at radius 3 is 1.25 bits per heavy atom. The monoisotopic (exact) mass is 253 g/mol. The molecule has 25 valence electrons. The largest absolute Gasteiger partial charge is 0 e. The first kappa shape index (κ1) is 16.3. The van der Waals surface area contributed by atoms with Crippen LogP contribution in [0.3, 0.4) is 0 Å². The first-order chi connectivity index (χ1) is 1.00. The summed E-state index contributed by atoms with van der Waals surface area (Å²) in [6.07, 6.45) is 0. The Kier molecular flexibility index (Phi) is 76.7. The van der Waals surface area contributed by atoms with Crippen molar-refractivity contribution in [1.29, 1.82) is 0 Å². The van der Waals surface area contributed by atoms with E-state index in [-0.39, 0.29) is 36.0 Å². The van der Waals surface area contributed by atoms with Crippen LogP contribution in [0.15, 0.2) is 0 Å². The summed E-state index contributed by atoms with van der Waals surface area (Å²) in [5, 5.41) is 0. The molecule has 0 aliphatic rings. The van der Waals surface area contributed by atoms with Gasteiger partial charge in [-0.15, -0.1) is 0 Å². The van der Waals surface area contributed by atoms with Crippen molar-refractivity contribution in [3.05, 3.63) is 0 Å². The first-order valence-electron chi connectivity index (χ1n) is 0.236. The molecular weight excluding hydrogens is 251 g/mol. The standard InChI is InChI=1S/Mo.Ni.H2P.Zn/h;;1H2;/q+1;;-1;. The van der Waals surface area contributed by atoms with Crippen LogP contribution in [0.5, 0.6) is 0 Å². The van der Waals surface area contributed by atoms with E-state index in [9.17, 15) is 0 Å². The maximum absolute atomic E-state index is 2.43. The molecule has 4 heteroatoms. The molecule has 0 saturated heterocycles. The summed E-state index contributed by atoms with van der Waals surface area (Å²) in [4.78, 5) is 0. The molecule has 0 aromatic carbocycles. The molecule has 0 aromatic heterocycles. The minimum absolute atomic E-state index is 0. The fourth-order valence-electron chi connectivity index (χ4n) is 0. The molecule has 0 amide bonds. The average Bonchev–Trinajstić information content (AvgIpc) is 1.00. The quantitative estimate of drug-likeness (QED) is 0.431. The van der Waals surface area contributed by atoms with E-state index in [4.69, 9.17) is 0 Å². The summed E-state index contributed by atoms with van der Waals surface area (Å²) in [7, 11) is 2.43. The topological polar surface area (TPSA) is 0 Å². The molecule has 0 aliphatic heterocycles. The Morgan fingerprint density at radius 1 is 1.25 bits per heavy atom. The number of rotatable bonds is 0. The van der Waals surface area contributed by atoms with Gasteiger partial charge < -0.3 is 0 Å². The molecule has 0 heterocycles. The van der Waals surface area contributed by atoms with Gasteiger partial charge in [-0.05, 0) is 0 Å². The SMILES string of the molecule is [Ni].[PH2][Mo].[Zn]. The molecular formula is H2MoNiPZn. The Morgan fingerprint density at radius 2 is 1.25 bits per heavy atom. The van der Waals surface area contributed by atoms with Gasteiger partial charge in [0, 0.05) is 36.0 Å². The van der Waals surface area contributed by atoms with Crippen LogP contribution in [0.25, 0.3) is 0 Å². The number of hydrogen-bond donors (Lipinski definition) is 0. The Labute approximate surface area is 62.1 Å². The van der Waals surface area contributed by atoms with Crippen LogP contribution in [-0.4, -0.2) is 0 Å². The molecule has 0 fully saturated rings. The number of hydrogen-bond acceptors (Lipinski definition) is 0. The van der Waals surface area contributed by atoms with E-state index in [2.05, 4.69) is 7.33 Å². The van der Waals surface area contributed by atoms with Crippen molar-refractivity contribution in [2.24, 2.45) is 0 Å². The summed E-state index contributed by atoms with van der Waals surface area (Å²) in [6.45, 7) is 0.